The van der Waals surface area contributed by atoms with Crippen molar-refractivity contribution >= 4 is 35.4 Å². The molecule has 5 nitrogen and oxygen atoms in total. The van der Waals surface area contributed by atoms with Crippen molar-refractivity contribution < 1.29 is 9.90 Å². The summed E-state index contributed by atoms with van der Waals surface area (Å²) in [5.74, 6) is -0.196. The van der Waals surface area contributed by atoms with Crippen molar-refractivity contribution in [3.63, 3.8) is 0 Å². The molecule has 0 aliphatic rings. The summed E-state index contributed by atoms with van der Waals surface area (Å²) < 4.78 is 0. The van der Waals surface area contributed by atoms with E-state index in [2.05, 4.69) is 5.10 Å². The lowest BCUT2D eigenvalue weighted by Gasteiger charge is -2.01. The summed E-state index contributed by atoms with van der Waals surface area (Å²) in [5.41, 5.74) is 7.32. The van der Waals surface area contributed by atoms with E-state index in [0.717, 1.165) is 0 Å². The highest BCUT2D eigenvalue weighted by Crippen LogP contribution is 2.32. The Kier molecular flexibility index (Phi) is 3.76. The summed E-state index contributed by atoms with van der Waals surface area (Å²) in [4.78, 5) is 10.3. The van der Waals surface area contributed by atoms with Crippen molar-refractivity contribution in [1.29, 1.82) is 0 Å². The Morgan fingerprint density at radius 1 is 1.47 bits per heavy atom. The first-order valence-electron chi connectivity index (χ1n) is 3.77. The Morgan fingerprint density at radius 3 is 2.47 bits per heavy atom. The molecule has 0 aliphatic carbocycles. The van der Waals surface area contributed by atoms with Gasteiger partial charge in [0.1, 0.15) is 0 Å². The Morgan fingerprint density at radius 2 is 2.00 bits per heavy atom. The highest BCUT2D eigenvalue weighted by molar-refractivity contribution is 6.37. The van der Waals surface area contributed by atoms with Crippen LogP contribution in [0.1, 0.15) is 5.56 Å². The van der Waals surface area contributed by atoms with Gasteiger partial charge in [-0.3, -0.25) is 0 Å². The molecule has 0 radical (unpaired) electrons. The number of phenolic OH excluding ortho intramolecular Hbond substituents is 1. The van der Waals surface area contributed by atoms with Crippen LogP contribution in [0.4, 0.5) is 4.79 Å². The number of halogens is 2. The fraction of sp³-hybridized carbons (Fsp3) is 0. The molecule has 0 atom stereocenters. The Hall–Kier alpha value is -1.46. The minimum absolute atomic E-state index is 0.100. The van der Waals surface area contributed by atoms with Crippen molar-refractivity contribution in [2.45, 2.75) is 0 Å². The number of phenols is 1. The van der Waals surface area contributed by atoms with E-state index in [1.54, 1.807) is 0 Å². The molecular formula is C8H7Cl2N3O2. The number of urea groups is 1. The molecule has 7 heteroatoms. The number of primary amides is 1. The number of nitrogens with one attached hydrogen (secondary N) is 1. The number of hydrogen-bond acceptors (Lipinski definition) is 3. The quantitative estimate of drug-likeness (QED) is 0.549. The number of hydrogen-bond donors (Lipinski definition) is 3. The first kappa shape index (κ1) is 11.6. The molecule has 1 aromatic carbocycles. The van der Waals surface area contributed by atoms with Crippen LogP contribution in [-0.2, 0) is 0 Å². The van der Waals surface area contributed by atoms with E-state index in [9.17, 15) is 9.90 Å². The molecule has 0 bridgehead atoms. The Balaban J connectivity index is 2.87. The standard InChI is InChI=1S/C8H7Cl2N3O2/c9-5-1-4(2-6(10)7(5)14)3-12-13-8(11)15/h1-3,14H,(H3,11,13,15)/b12-3-. The highest BCUT2D eigenvalue weighted by Gasteiger charge is 2.04. The van der Waals surface area contributed by atoms with Crippen LogP contribution in [0.5, 0.6) is 5.75 Å². The maximum Gasteiger partial charge on any atom is 0.332 e. The predicted molar refractivity (Wildman–Crippen MR) is 58.4 cm³/mol. The third kappa shape index (κ3) is 3.30. The van der Waals surface area contributed by atoms with Gasteiger partial charge in [0.15, 0.2) is 5.75 Å². The zero-order valence-corrected chi connectivity index (χ0v) is 8.88. The predicted octanol–water partition coefficient (Wildman–Crippen LogP) is 1.70. The fourth-order valence-corrected chi connectivity index (χ4v) is 1.33. The summed E-state index contributed by atoms with van der Waals surface area (Å²) >= 11 is 11.3. The first-order chi connectivity index (χ1) is 7.00. The number of nitrogens with zero attached hydrogens (tertiary/aromatic N) is 1. The van der Waals surface area contributed by atoms with E-state index in [1.165, 1.54) is 18.3 Å². The number of carbonyl (C=O) groups excluding carboxylic acids is 1. The van der Waals surface area contributed by atoms with Crippen molar-refractivity contribution in [2.24, 2.45) is 10.8 Å². The van der Waals surface area contributed by atoms with E-state index in [1.807, 2.05) is 5.43 Å². The van der Waals surface area contributed by atoms with Crippen LogP contribution in [0.25, 0.3) is 0 Å². The second kappa shape index (κ2) is 4.86. The third-order valence-corrected chi connectivity index (χ3v) is 2.00. The normalized spacial score (nSPS) is 10.5. The van der Waals surface area contributed by atoms with Crippen molar-refractivity contribution in [2.75, 3.05) is 0 Å². The van der Waals surface area contributed by atoms with Gasteiger partial charge in [-0.05, 0) is 17.7 Å². The molecule has 15 heavy (non-hydrogen) atoms. The van der Waals surface area contributed by atoms with Gasteiger partial charge in [0.2, 0.25) is 0 Å². The molecule has 1 aromatic rings. The molecule has 0 fully saturated rings. The number of hydrazone groups is 1. The van der Waals surface area contributed by atoms with E-state index in [-0.39, 0.29) is 15.8 Å². The Labute approximate surface area is 95.5 Å². The van der Waals surface area contributed by atoms with Crippen molar-refractivity contribution in [1.82, 2.24) is 5.43 Å². The number of carbonyl (C=O) groups is 1. The maximum absolute atomic E-state index is 10.3. The molecule has 0 spiro atoms. The molecular weight excluding hydrogens is 241 g/mol. The average molecular weight is 248 g/mol. The molecule has 0 saturated carbocycles. The molecule has 0 saturated heterocycles. The van der Waals surface area contributed by atoms with Crippen LogP contribution in [0.3, 0.4) is 0 Å². The summed E-state index contributed by atoms with van der Waals surface area (Å²) in [6, 6.07) is 2.10. The molecule has 1 rings (SSSR count). The smallest absolute Gasteiger partial charge is 0.332 e. The van der Waals surface area contributed by atoms with E-state index >= 15 is 0 Å². The zero-order valence-electron chi connectivity index (χ0n) is 7.37. The molecule has 2 amide bonds. The summed E-state index contributed by atoms with van der Waals surface area (Å²) in [6.07, 6.45) is 1.29. The van der Waals surface area contributed by atoms with E-state index in [0.29, 0.717) is 5.56 Å². The maximum atomic E-state index is 10.3. The SMILES string of the molecule is NC(=O)N/N=C\c1cc(Cl)c(O)c(Cl)c1. The van der Waals surface area contributed by atoms with Gasteiger partial charge in [-0.25, -0.2) is 10.2 Å². The van der Waals surface area contributed by atoms with Gasteiger partial charge in [-0.15, -0.1) is 0 Å². The minimum Gasteiger partial charge on any atom is -0.505 e. The van der Waals surface area contributed by atoms with Crippen LogP contribution in [0.2, 0.25) is 10.0 Å². The molecule has 0 unspecified atom stereocenters. The molecule has 80 valence electrons. The monoisotopic (exact) mass is 247 g/mol. The largest absolute Gasteiger partial charge is 0.505 e. The van der Waals surface area contributed by atoms with Crippen LogP contribution >= 0.6 is 23.2 Å². The first-order valence-corrected chi connectivity index (χ1v) is 4.53. The lowest BCUT2D eigenvalue weighted by Crippen LogP contribution is -2.24. The topological polar surface area (TPSA) is 87.7 Å². The van der Waals surface area contributed by atoms with Gasteiger partial charge in [0.25, 0.3) is 0 Å². The highest BCUT2D eigenvalue weighted by atomic mass is 35.5. The number of amides is 2. The number of benzene rings is 1. The lowest BCUT2D eigenvalue weighted by molar-refractivity contribution is 0.249. The number of aromatic hydroxyl groups is 1. The van der Waals surface area contributed by atoms with E-state index in [4.69, 9.17) is 28.9 Å². The molecule has 0 heterocycles. The van der Waals surface area contributed by atoms with Gasteiger partial charge in [-0.2, -0.15) is 5.10 Å². The van der Waals surface area contributed by atoms with Crippen LogP contribution in [0.15, 0.2) is 17.2 Å². The van der Waals surface area contributed by atoms with Crippen LogP contribution in [0, 0.1) is 0 Å². The van der Waals surface area contributed by atoms with Crippen molar-refractivity contribution in [3.8, 4) is 5.75 Å². The molecule has 0 aliphatic heterocycles. The molecule has 0 aromatic heterocycles. The van der Waals surface area contributed by atoms with Crippen LogP contribution in [-0.4, -0.2) is 17.4 Å². The minimum atomic E-state index is -0.776. The average Bonchev–Trinajstić information content (AvgIpc) is 2.13. The summed E-state index contributed by atoms with van der Waals surface area (Å²) in [5, 5.41) is 13.0. The fourth-order valence-electron chi connectivity index (χ4n) is 0.830. The van der Waals surface area contributed by atoms with Gasteiger partial charge in [0, 0.05) is 0 Å². The molecule has 4 N–H and O–H groups in total. The third-order valence-electron chi connectivity index (χ3n) is 1.43. The van der Waals surface area contributed by atoms with Gasteiger partial charge >= 0.3 is 6.03 Å². The lowest BCUT2D eigenvalue weighted by atomic mass is 10.2. The summed E-state index contributed by atoms with van der Waals surface area (Å²) in [7, 11) is 0. The van der Waals surface area contributed by atoms with E-state index < -0.39 is 6.03 Å². The zero-order chi connectivity index (χ0) is 11.4. The number of nitrogens with two attached hydrogens (primary N) is 1. The number of rotatable bonds is 2. The second-order valence-electron chi connectivity index (χ2n) is 2.57. The van der Waals surface area contributed by atoms with Gasteiger partial charge in [-0.1, -0.05) is 23.2 Å². The van der Waals surface area contributed by atoms with Gasteiger partial charge < -0.3 is 10.8 Å². The van der Waals surface area contributed by atoms with Crippen LogP contribution < -0.4 is 11.2 Å². The van der Waals surface area contributed by atoms with Gasteiger partial charge in [0.05, 0.1) is 16.3 Å². The summed E-state index contributed by atoms with van der Waals surface area (Å²) in [6.45, 7) is 0. The second-order valence-corrected chi connectivity index (χ2v) is 3.38. The Bertz CT molecular complexity index is 397. The van der Waals surface area contributed by atoms with Crippen molar-refractivity contribution in [3.05, 3.63) is 27.7 Å².